The third kappa shape index (κ3) is 2.29. The Kier molecular flexibility index (Phi) is 3.41. The first-order valence-electron chi connectivity index (χ1n) is 6.51. The van der Waals surface area contributed by atoms with Crippen molar-refractivity contribution in [2.24, 2.45) is 0 Å². The van der Waals surface area contributed by atoms with Gasteiger partial charge in [0.25, 0.3) is 0 Å². The number of halogens is 3. The molecule has 0 aliphatic rings. The Morgan fingerprint density at radius 1 is 1.14 bits per heavy atom. The number of hydrogen-bond donors (Lipinski definition) is 0. The number of rotatable bonds is 2. The number of hydrogen-bond acceptors (Lipinski definition) is 1. The number of nitrogens with zero attached hydrogens (tertiary/aromatic N) is 2. The van der Waals surface area contributed by atoms with Crippen LogP contribution in [0, 0.1) is 25.5 Å². The van der Waals surface area contributed by atoms with Crippen LogP contribution < -0.4 is 0 Å². The Hall–Kier alpha value is -1.94. The van der Waals surface area contributed by atoms with Crippen molar-refractivity contribution in [3.05, 3.63) is 58.9 Å². The summed E-state index contributed by atoms with van der Waals surface area (Å²) < 4.78 is 29.2. The minimum absolute atomic E-state index is 0.114. The fourth-order valence-electron chi connectivity index (χ4n) is 2.47. The summed E-state index contributed by atoms with van der Waals surface area (Å²) in [6.45, 7) is 3.90. The zero-order valence-electron chi connectivity index (χ0n) is 11.6. The van der Waals surface area contributed by atoms with Gasteiger partial charge in [0.2, 0.25) is 0 Å². The van der Waals surface area contributed by atoms with Crippen LogP contribution in [0.15, 0.2) is 30.3 Å². The van der Waals surface area contributed by atoms with Crippen LogP contribution >= 0.6 is 11.6 Å². The first kappa shape index (κ1) is 14.0. The number of aryl methyl sites for hydroxylation is 2. The molecule has 0 N–H and O–H groups in total. The van der Waals surface area contributed by atoms with Crippen molar-refractivity contribution in [2.75, 3.05) is 0 Å². The molecule has 0 fully saturated rings. The lowest BCUT2D eigenvalue weighted by Crippen LogP contribution is -2.02. The van der Waals surface area contributed by atoms with E-state index < -0.39 is 11.6 Å². The summed E-state index contributed by atoms with van der Waals surface area (Å²) in [5.41, 5.74) is 3.38. The molecule has 0 radical (unpaired) electrons. The van der Waals surface area contributed by atoms with Gasteiger partial charge < -0.3 is 0 Å². The van der Waals surface area contributed by atoms with E-state index in [2.05, 4.69) is 4.98 Å². The molecule has 0 bridgehead atoms. The summed E-state index contributed by atoms with van der Waals surface area (Å²) in [4.78, 5) is 4.21. The molecule has 0 saturated carbocycles. The van der Waals surface area contributed by atoms with E-state index in [1.807, 2.05) is 32.0 Å². The zero-order chi connectivity index (χ0) is 15.1. The average Bonchev–Trinajstić information content (AvgIpc) is 2.80. The van der Waals surface area contributed by atoms with Gasteiger partial charge in [0.15, 0.2) is 5.82 Å². The summed E-state index contributed by atoms with van der Waals surface area (Å²) in [6, 6.07) is 8.02. The molecule has 0 saturated heterocycles. The summed E-state index contributed by atoms with van der Waals surface area (Å²) >= 11 is 5.94. The zero-order valence-corrected chi connectivity index (χ0v) is 12.4. The van der Waals surface area contributed by atoms with Crippen LogP contribution in [0.1, 0.15) is 17.0 Å². The fraction of sp³-hybridized carbons (Fsp3) is 0.188. The Morgan fingerprint density at radius 2 is 1.90 bits per heavy atom. The van der Waals surface area contributed by atoms with Crippen molar-refractivity contribution in [1.29, 1.82) is 0 Å². The Bertz CT molecular complexity index is 840. The van der Waals surface area contributed by atoms with Gasteiger partial charge in [-0.1, -0.05) is 12.1 Å². The van der Waals surface area contributed by atoms with Crippen molar-refractivity contribution >= 4 is 22.6 Å². The van der Waals surface area contributed by atoms with E-state index in [0.29, 0.717) is 11.3 Å². The number of aromatic nitrogens is 2. The van der Waals surface area contributed by atoms with Crippen LogP contribution in [0.5, 0.6) is 0 Å². The van der Waals surface area contributed by atoms with E-state index >= 15 is 0 Å². The van der Waals surface area contributed by atoms with Gasteiger partial charge in [-0.15, -0.1) is 11.6 Å². The van der Waals surface area contributed by atoms with Gasteiger partial charge in [-0.05, 0) is 31.0 Å². The molecule has 5 heteroatoms. The van der Waals surface area contributed by atoms with Crippen LogP contribution in [0.25, 0.3) is 16.7 Å². The maximum absolute atomic E-state index is 13.9. The fourth-order valence-corrected chi connectivity index (χ4v) is 2.65. The molecule has 3 aromatic rings. The second kappa shape index (κ2) is 5.11. The highest BCUT2D eigenvalue weighted by atomic mass is 35.5. The first-order chi connectivity index (χ1) is 10.0. The van der Waals surface area contributed by atoms with E-state index in [-0.39, 0.29) is 11.4 Å². The largest absolute Gasteiger partial charge is 0.295 e. The molecule has 1 heterocycles. The molecule has 0 spiro atoms. The van der Waals surface area contributed by atoms with E-state index in [0.717, 1.165) is 22.9 Å². The SMILES string of the molecule is Cc1ccc(C)c(-n2c(CCl)nc3c(F)cc(F)cc32)c1. The second-order valence-corrected chi connectivity index (χ2v) is 5.31. The highest BCUT2D eigenvalue weighted by Gasteiger charge is 2.17. The summed E-state index contributed by atoms with van der Waals surface area (Å²) in [6.07, 6.45) is 0. The molecule has 1 aromatic heterocycles. The van der Waals surface area contributed by atoms with Crippen molar-refractivity contribution in [3.8, 4) is 5.69 Å². The Morgan fingerprint density at radius 3 is 2.62 bits per heavy atom. The van der Waals surface area contributed by atoms with E-state index in [9.17, 15) is 8.78 Å². The molecular formula is C16H13ClF2N2. The minimum atomic E-state index is -0.680. The molecule has 0 amide bonds. The molecule has 2 nitrogen and oxygen atoms in total. The normalized spacial score (nSPS) is 11.3. The van der Waals surface area contributed by atoms with Gasteiger partial charge in [-0.25, -0.2) is 13.8 Å². The van der Waals surface area contributed by atoms with Crippen LogP contribution in [0.2, 0.25) is 0 Å². The van der Waals surface area contributed by atoms with Crippen LogP contribution in [-0.4, -0.2) is 9.55 Å². The van der Waals surface area contributed by atoms with Crippen LogP contribution in [0.3, 0.4) is 0 Å². The summed E-state index contributed by atoms with van der Waals surface area (Å²) in [5, 5.41) is 0. The quantitative estimate of drug-likeness (QED) is 0.630. The van der Waals surface area contributed by atoms with E-state index in [4.69, 9.17) is 11.6 Å². The van der Waals surface area contributed by atoms with Gasteiger partial charge in [-0.3, -0.25) is 4.57 Å². The smallest absolute Gasteiger partial charge is 0.153 e. The highest BCUT2D eigenvalue weighted by Crippen LogP contribution is 2.27. The molecule has 0 aliphatic carbocycles. The summed E-state index contributed by atoms with van der Waals surface area (Å²) in [7, 11) is 0. The molecule has 0 aliphatic heterocycles. The predicted molar refractivity (Wildman–Crippen MR) is 80.0 cm³/mol. The van der Waals surface area contributed by atoms with Crippen LogP contribution in [0.4, 0.5) is 8.78 Å². The molecule has 0 unspecified atom stereocenters. The lowest BCUT2D eigenvalue weighted by atomic mass is 10.1. The topological polar surface area (TPSA) is 17.8 Å². The van der Waals surface area contributed by atoms with Crippen molar-refractivity contribution in [2.45, 2.75) is 19.7 Å². The maximum atomic E-state index is 13.9. The van der Waals surface area contributed by atoms with Gasteiger partial charge in [0, 0.05) is 12.1 Å². The monoisotopic (exact) mass is 306 g/mol. The molecular weight excluding hydrogens is 294 g/mol. The number of imidazole rings is 1. The Balaban J connectivity index is 2.43. The first-order valence-corrected chi connectivity index (χ1v) is 7.04. The van der Waals surface area contributed by atoms with Crippen molar-refractivity contribution < 1.29 is 8.78 Å². The predicted octanol–water partition coefficient (Wildman–Crippen LogP) is 4.66. The standard InChI is InChI=1S/C16H13ClF2N2/c1-9-3-4-10(2)13(5-9)21-14-7-11(18)6-12(19)16(14)20-15(21)8-17/h3-7H,8H2,1-2H3. The molecule has 21 heavy (non-hydrogen) atoms. The van der Waals surface area contributed by atoms with Gasteiger partial charge in [-0.2, -0.15) is 0 Å². The number of fused-ring (bicyclic) bond motifs is 1. The van der Waals surface area contributed by atoms with E-state index in [1.54, 1.807) is 4.57 Å². The lowest BCUT2D eigenvalue weighted by Gasteiger charge is -2.12. The molecule has 2 aromatic carbocycles. The summed E-state index contributed by atoms with van der Waals surface area (Å²) in [5.74, 6) is -0.707. The highest BCUT2D eigenvalue weighted by molar-refractivity contribution is 6.17. The van der Waals surface area contributed by atoms with Gasteiger partial charge in [0.1, 0.15) is 17.2 Å². The van der Waals surface area contributed by atoms with Gasteiger partial charge >= 0.3 is 0 Å². The minimum Gasteiger partial charge on any atom is -0.295 e. The molecule has 0 atom stereocenters. The maximum Gasteiger partial charge on any atom is 0.153 e. The van der Waals surface area contributed by atoms with Crippen LogP contribution in [-0.2, 0) is 5.88 Å². The number of benzene rings is 2. The third-order valence-corrected chi connectivity index (χ3v) is 3.71. The lowest BCUT2D eigenvalue weighted by molar-refractivity contribution is 0.590. The van der Waals surface area contributed by atoms with Crippen molar-refractivity contribution in [3.63, 3.8) is 0 Å². The average molecular weight is 307 g/mol. The van der Waals surface area contributed by atoms with E-state index in [1.165, 1.54) is 6.07 Å². The second-order valence-electron chi connectivity index (χ2n) is 5.04. The van der Waals surface area contributed by atoms with Gasteiger partial charge in [0.05, 0.1) is 17.1 Å². The molecule has 3 rings (SSSR count). The third-order valence-electron chi connectivity index (χ3n) is 3.47. The molecule has 108 valence electrons. The number of alkyl halides is 1. The Labute approximate surface area is 126 Å². The van der Waals surface area contributed by atoms with Crippen molar-refractivity contribution in [1.82, 2.24) is 9.55 Å².